The molecule has 0 radical (unpaired) electrons. The van der Waals surface area contributed by atoms with Crippen molar-refractivity contribution in [1.29, 1.82) is 0 Å². The summed E-state index contributed by atoms with van der Waals surface area (Å²) in [5.74, 6) is 0. The van der Waals surface area contributed by atoms with Crippen molar-refractivity contribution in [3.05, 3.63) is 46.2 Å². The number of benzene rings is 1. The van der Waals surface area contributed by atoms with Crippen molar-refractivity contribution in [2.75, 3.05) is 19.0 Å². The molecule has 1 aromatic carbocycles. The number of hydrogen-bond donors (Lipinski definition) is 1. The van der Waals surface area contributed by atoms with E-state index in [-0.39, 0.29) is 0 Å². The van der Waals surface area contributed by atoms with Crippen LogP contribution >= 0.6 is 23.2 Å². The van der Waals surface area contributed by atoms with Crippen molar-refractivity contribution in [3.63, 3.8) is 0 Å². The maximum absolute atomic E-state index is 6.12. The van der Waals surface area contributed by atoms with Crippen LogP contribution in [0.1, 0.15) is 5.56 Å². The number of ether oxygens (including phenoxy) is 1. The van der Waals surface area contributed by atoms with Gasteiger partial charge in [0.15, 0.2) is 0 Å². The van der Waals surface area contributed by atoms with Crippen LogP contribution in [0.3, 0.4) is 0 Å². The summed E-state index contributed by atoms with van der Waals surface area (Å²) < 4.78 is 6.82. The van der Waals surface area contributed by atoms with Gasteiger partial charge in [0.1, 0.15) is 0 Å². The van der Waals surface area contributed by atoms with Gasteiger partial charge in [0.25, 0.3) is 0 Å². The van der Waals surface area contributed by atoms with Crippen LogP contribution in [0.25, 0.3) is 0 Å². The van der Waals surface area contributed by atoms with Crippen LogP contribution in [0.4, 0.5) is 5.69 Å². The third-order valence-electron chi connectivity index (χ3n) is 2.67. The molecule has 19 heavy (non-hydrogen) atoms. The van der Waals surface area contributed by atoms with Gasteiger partial charge in [0.05, 0.1) is 35.1 Å². The van der Waals surface area contributed by atoms with Gasteiger partial charge in [-0.3, -0.25) is 4.68 Å². The monoisotopic (exact) mass is 299 g/mol. The first kappa shape index (κ1) is 14.2. The Morgan fingerprint density at radius 1 is 1.37 bits per heavy atom. The summed E-state index contributed by atoms with van der Waals surface area (Å²) in [7, 11) is 1.67. The molecule has 0 saturated carbocycles. The quantitative estimate of drug-likeness (QED) is 0.888. The van der Waals surface area contributed by atoms with Gasteiger partial charge in [-0.2, -0.15) is 5.10 Å². The van der Waals surface area contributed by atoms with Crippen molar-refractivity contribution < 1.29 is 4.74 Å². The molecule has 0 fully saturated rings. The highest BCUT2D eigenvalue weighted by Gasteiger charge is 2.04. The molecule has 1 aromatic heterocycles. The highest BCUT2D eigenvalue weighted by atomic mass is 35.5. The van der Waals surface area contributed by atoms with Crippen LogP contribution in [0.2, 0.25) is 10.0 Å². The van der Waals surface area contributed by atoms with Crippen LogP contribution in [0.15, 0.2) is 30.6 Å². The summed E-state index contributed by atoms with van der Waals surface area (Å²) in [5.41, 5.74) is 1.89. The fourth-order valence-corrected chi connectivity index (χ4v) is 2.03. The molecule has 0 spiro atoms. The SMILES string of the molecule is COCCn1cc(NCc2cccc(Cl)c2Cl)cn1. The van der Waals surface area contributed by atoms with Gasteiger partial charge in [-0.25, -0.2) is 0 Å². The number of nitrogens with one attached hydrogen (secondary N) is 1. The minimum atomic E-state index is 0.566. The molecular weight excluding hydrogens is 285 g/mol. The minimum absolute atomic E-state index is 0.566. The fraction of sp³-hybridized carbons (Fsp3) is 0.308. The molecule has 0 atom stereocenters. The van der Waals surface area contributed by atoms with Gasteiger partial charge in [-0.05, 0) is 11.6 Å². The third kappa shape index (κ3) is 3.86. The van der Waals surface area contributed by atoms with Gasteiger partial charge < -0.3 is 10.1 Å². The Hall–Kier alpha value is -1.23. The van der Waals surface area contributed by atoms with Crippen LogP contribution in [-0.2, 0) is 17.8 Å². The van der Waals surface area contributed by atoms with Gasteiger partial charge in [0.2, 0.25) is 0 Å². The van der Waals surface area contributed by atoms with E-state index < -0.39 is 0 Å². The van der Waals surface area contributed by atoms with E-state index in [1.165, 1.54) is 0 Å². The summed E-state index contributed by atoms with van der Waals surface area (Å²) in [6.45, 7) is 1.98. The van der Waals surface area contributed by atoms with E-state index in [1.807, 2.05) is 23.0 Å². The van der Waals surface area contributed by atoms with E-state index >= 15 is 0 Å². The normalized spacial score (nSPS) is 10.7. The number of halogens is 2. The third-order valence-corrected chi connectivity index (χ3v) is 3.53. The van der Waals surface area contributed by atoms with E-state index in [2.05, 4.69) is 10.4 Å². The lowest BCUT2D eigenvalue weighted by Gasteiger charge is -2.07. The number of aromatic nitrogens is 2. The molecule has 1 N–H and O–H groups in total. The Bertz CT molecular complexity index is 542. The lowest BCUT2D eigenvalue weighted by molar-refractivity contribution is 0.183. The molecule has 0 aliphatic carbocycles. The number of rotatable bonds is 6. The molecule has 102 valence electrons. The molecule has 6 heteroatoms. The van der Waals surface area contributed by atoms with Gasteiger partial charge in [-0.1, -0.05) is 35.3 Å². The molecular formula is C13H15Cl2N3O. The van der Waals surface area contributed by atoms with Crippen molar-refractivity contribution in [2.24, 2.45) is 0 Å². The zero-order chi connectivity index (χ0) is 13.7. The Morgan fingerprint density at radius 2 is 2.21 bits per heavy atom. The summed E-state index contributed by atoms with van der Waals surface area (Å²) in [6, 6.07) is 5.60. The first-order valence-electron chi connectivity index (χ1n) is 5.89. The highest BCUT2D eigenvalue weighted by Crippen LogP contribution is 2.26. The second kappa shape index (κ2) is 6.80. The lowest BCUT2D eigenvalue weighted by Crippen LogP contribution is -2.04. The topological polar surface area (TPSA) is 39.1 Å². The number of methoxy groups -OCH3 is 1. The van der Waals surface area contributed by atoms with Gasteiger partial charge >= 0.3 is 0 Å². The second-order valence-electron chi connectivity index (χ2n) is 4.05. The lowest BCUT2D eigenvalue weighted by atomic mass is 10.2. The molecule has 0 aliphatic rings. The smallest absolute Gasteiger partial charge is 0.0729 e. The summed E-state index contributed by atoms with van der Waals surface area (Å²) in [4.78, 5) is 0. The number of nitrogens with zero attached hydrogens (tertiary/aromatic N) is 2. The van der Waals surface area contributed by atoms with E-state index in [1.54, 1.807) is 19.4 Å². The highest BCUT2D eigenvalue weighted by molar-refractivity contribution is 6.42. The average molecular weight is 300 g/mol. The zero-order valence-corrected chi connectivity index (χ0v) is 12.1. The maximum Gasteiger partial charge on any atom is 0.0729 e. The Balaban J connectivity index is 1.95. The second-order valence-corrected chi connectivity index (χ2v) is 4.84. The van der Waals surface area contributed by atoms with Crippen molar-refractivity contribution in [2.45, 2.75) is 13.1 Å². The molecule has 0 bridgehead atoms. The predicted molar refractivity (Wildman–Crippen MR) is 77.9 cm³/mol. The first-order valence-corrected chi connectivity index (χ1v) is 6.64. The first-order chi connectivity index (χ1) is 9.20. The molecule has 0 saturated heterocycles. The molecule has 4 nitrogen and oxygen atoms in total. The molecule has 1 heterocycles. The summed E-state index contributed by atoms with van der Waals surface area (Å²) in [6.07, 6.45) is 3.70. The molecule has 2 rings (SSSR count). The standard InChI is InChI=1S/C13H15Cl2N3O/c1-19-6-5-18-9-11(8-17-18)16-7-10-3-2-4-12(14)13(10)15/h2-4,8-9,16H,5-7H2,1H3. The molecule has 2 aromatic rings. The van der Waals surface area contributed by atoms with Crippen LogP contribution in [-0.4, -0.2) is 23.5 Å². The number of hydrogen-bond acceptors (Lipinski definition) is 3. The Labute approximate surface area is 122 Å². The van der Waals surface area contributed by atoms with Crippen LogP contribution in [0.5, 0.6) is 0 Å². The average Bonchev–Trinajstić information content (AvgIpc) is 2.86. The van der Waals surface area contributed by atoms with Crippen LogP contribution in [0, 0.1) is 0 Å². The molecule has 0 aliphatic heterocycles. The van der Waals surface area contributed by atoms with Crippen molar-refractivity contribution in [3.8, 4) is 0 Å². The Morgan fingerprint density at radius 3 is 3.00 bits per heavy atom. The zero-order valence-electron chi connectivity index (χ0n) is 10.6. The van der Waals surface area contributed by atoms with E-state index in [4.69, 9.17) is 27.9 Å². The van der Waals surface area contributed by atoms with Crippen molar-refractivity contribution >= 4 is 28.9 Å². The maximum atomic E-state index is 6.12. The predicted octanol–water partition coefficient (Wildman–Crippen LogP) is 3.45. The Kier molecular flexibility index (Phi) is 5.07. The van der Waals surface area contributed by atoms with E-state index in [0.717, 1.165) is 17.8 Å². The molecule has 0 amide bonds. The van der Waals surface area contributed by atoms with Crippen molar-refractivity contribution in [1.82, 2.24) is 9.78 Å². The summed E-state index contributed by atoms with van der Waals surface area (Å²) >= 11 is 12.1. The minimum Gasteiger partial charge on any atom is -0.383 e. The van der Waals surface area contributed by atoms with Gasteiger partial charge in [0, 0.05) is 19.9 Å². The number of anilines is 1. The largest absolute Gasteiger partial charge is 0.383 e. The fourth-order valence-electron chi connectivity index (χ4n) is 1.64. The molecule has 0 unspecified atom stereocenters. The van der Waals surface area contributed by atoms with Gasteiger partial charge in [-0.15, -0.1) is 0 Å². The van der Waals surface area contributed by atoms with E-state index in [0.29, 0.717) is 23.2 Å². The summed E-state index contributed by atoms with van der Waals surface area (Å²) in [5, 5.41) is 8.63. The van der Waals surface area contributed by atoms with Crippen LogP contribution < -0.4 is 5.32 Å². The van der Waals surface area contributed by atoms with E-state index in [9.17, 15) is 0 Å².